The molecule has 1 N–H and O–H groups in total. The summed E-state index contributed by atoms with van der Waals surface area (Å²) in [4.78, 5) is 13.5. The zero-order valence-corrected chi connectivity index (χ0v) is 11.3. The molecule has 0 saturated heterocycles. The van der Waals surface area contributed by atoms with Crippen molar-refractivity contribution < 1.29 is 14.6 Å². The van der Waals surface area contributed by atoms with Gasteiger partial charge in [-0.05, 0) is 18.4 Å². The normalized spacial score (nSPS) is 16.4. The van der Waals surface area contributed by atoms with Gasteiger partial charge in [-0.2, -0.15) is 0 Å². The van der Waals surface area contributed by atoms with Gasteiger partial charge in [0.1, 0.15) is 0 Å². The molecule has 0 aliphatic heterocycles. The smallest absolute Gasteiger partial charge is 0.319 e. The minimum atomic E-state index is -0.232. The molecule has 104 valence electrons. The van der Waals surface area contributed by atoms with Crippen LogP contribution < -0.4 is 0 Å². The molecule has 0 atom stereocenters. The lowest BCUT2D eigenvalue weighted by atomic mass is 10.1. The quantitative estimate of drug-likeness (QED) is 0.756. The minimum absolute atomic E-state index is 0.00278. The summed E-state index contributed by atoms with van der Waals surface area (Å²) in [6.45, 7) is 1.91. The molecule has 0 bridgehead atoms. The van der Waals surface area contributed by atoms with Crippen LogP contribution in [0.15, 0.2) is 30.3 Å². The SMILES string of the molecule is COC(=O)CN(Cc1ccccc1)CC1(CO)CC1. The molecule has 1 aromatic carbocycles. The number of carbonyl (C=O) groups excluding carboxylic acids is 1. The van der Waals surface area contributed by atoms with Crippen molar-refractivity contribution in [3.63, 3.8) is 0 Å². The van der Waals surface area contributed by atoms with E-state index < -0.39 is 0 Å². The third-order valence-corrected chi connectivity index (χ3v) is 3.68. The molecule has 1 aliphatic carbocycles. The van der Waals surface area contributed by atoms with Crippen LogP contribution in [0.2, 0.25) is 0 Å². The van der Waals surface area contributed by atoms with Gasteiger partial charge in [-0.15, -0.1) is 0 Å². The van der Waals surface area contributed by atoms with Crippen LogP contribution in [0.3, 0.4) is 0 Å². The van der Waals surface area contributed by atoms with Crippen molar-refractivity contribution in [1.82, 2.24) is 4.90 Å². The van der Waals surface area contributed by atoms with E-state index >= 15 is 0 Å². The van der Waals surface area contributed by atoms with E-state index in [0.717, 1.165) is 19.4 Å². The van der Waals surface area contributed by atoms with Gasteiger partial charge in [0.05, 0.1) is 13.7 Å². The van der Waals surface area contributed by atoms with Crippen LogP contribution in [0.5, 0.6) is 0 Å². The van der Waals surface area contributed by atoms with Gasteiger partial charge >= 0.3 is 5.97 Å². The second-order valence-corrected chi connectivity index (χ2v) is 5.37. The maximum atomic E-state index is 11.5. The number of esters is 1. The number of benzene rings is 1. The zero-order chi connectivity index (χ0) is 13.7. The number of hydrogen-bond donors (Lipinski definition) is 1. The first-order chi connectivity index (χ1) is 9.17. The zero-order valence-electron chi connectivity index (χ0n) is 11.3. The van der Waals surface area contributed by atoms with Crippen molar-refractivity contribution in [2.45, 2.75) is 19.4 Å². The molecule has 0 amide bonds. The summed E-state index contributed by atoms with van der Waals surface area (Å²) in [5, 5.41) is 9.42. The fourth-order valence-corrected chi connectivity index (χ4v) is 2.27. The number of nitrogens with zero attached hydrogens (tertiary/aromatic N) is 1. The van der Waals surface area contributed by atoms with E-state index in [1.165, 1.54) is 12.7 Å². The van der Waals surface area contributed by atoms with Gasteiger partial charge in [0, 0.05) is 25.1 Å². The van der Waals surface area contributed by atoms with Crippen molar-refractivity contribution in [3.8, 4) is 0 Å². The van der Waals surface area contributed by atoms with E-state index in [0.29, 0.717) is 6.54 Å². The van der Waals surface area contributed by atoms with Crippen LogP contribution in [-0.4, -0.2) is 42.8 Å². The van der Waals surface area contributed by atoms with E-state index in [2.05, 4.69) is 4.90 Å². The molecule has 1 aliphatic rings. The molecule has 0 heterocycles. The number of ether oxygens (including phenoxy) is 1. The lowest BCUT2D eigenvalue weighted by Crippen LogP contribution is -2.36. The number of aliphatic hydroxyl groups excluding tert-OH is 1. The highest BCUT2D eigenvalue weighted by molar-refractivity contribution is 5.71. The Balaban J connectivity index is 1.99. The molecule has 0 unspecified atom stereocenters. The van der Waals surface area contributed by atoms with E-state index in [4.69, 9.17) is 4.74 Å². The number of aliphatic hydroxyl groups is 1. The highest BCUT2D eigenvalue weighted by Crippen LogP contribution is 2.45. The molecule has 0 spiro atoms. The first-order valence-corrected chi connectivity index (χ1v) is 6.61. The van der Waals surface area contributed by atoms with Gasteiger partial charge in [-0.3, -0.25) is 9.69 Å². The minimum Gasteiger partial charge on any atom is -0.468 e. The molecule has 1 saturated carbocycles. The monoisotopic (exact) mass is 263 g/mol. The van der Waals surface area contributed by atoms with Gasteiger partial charge in [0.25, 0.3) is 0 Å². The Kier molecular flexibility index (Phi) is 4.56. The van der Waals surface area contributed by atoms with Crippen molar-refractivity contribution in [3.05, 3.63) is 35.9 Å². The third-order valence-electron chi connectivity index (χ3n) is 3.68. The van der Waals surface area contributed by atoms with Crippen LogP contribution in [0, 0.1) is 5.41 Å². The Morgan fingerprint density at radius 3 is 2.58 bits per heavy atom. The average Bonchev–Trinajstić information content (AvgIpc) is 3.20. The average molecular weight is 263 g/mol. The largest absolute Gasteiger partial charge is 0.468 e. The van der Waals surface area contributed by atoms with E-state index in [-0.39, 0.29) is 24.5 Å². The topological polar surface area (TPSA) is 49.8 Å². The lowest BCUT2D eigenvalue weighted by Gasteiger charge is -2.25. The van der Waals surface area contributed by atoms with E-state index in [9.17, 15) is 9.90 Å². The predicted molar refractivity (Wildman–Crippen MR) is 72.5 cm³/mol. The Bertz CT molecular complexity index is 415. The van der Waals surface area contributed by atoms with Gasteiger partial charge in [-0.1, -0.05) is 30.3 Å². The van der Waals surface area contributed by atoms with Gasteiger partial charge in [-0.25, -0.2) is 0 Å². The second kappa shape index (κ2) is 6.17. The highest BCUT2D eigenvalue weighted by atomic mass is 16.5. The Hall–Kier alpha value is -1.39. The van der Waals surface area contributed by atoms with Crippen molar-refractivity contribution in [1.29, 1.82) is 0 Å². The number of rotatable bonds is 7. The molecule has 0 aromatic heterocycles. The molecule has 2 rings (SSSR count). The van der Waals surface area contributed by atoms with E-state index in [1.807, 2.05) is 30.3 Å². The lowest BCUT2D eigenvalue weighted by molar-refractivity contribution is -0.142. The summed E-state index contributed by atoms with van der Waals surface area (Å²) in [7, 11) is 1.40. The molecule has 4 heteroatoms. The Labute approximate surface area is 114 Å². The first kappa shape index (κ1) is 14.0. The highest BCUT2D eigenvalue weighted by Gasteiger charge is 2.43. The van der Waals surface area contributed by atoms with Crippen LogP contribution in [0.4, 0.5) is 0 Å². The van der Waals surface area contributed by atoms with Crippen LogP contribution in [0.1, 0.15) is 18.4 Å². The van der Waals surface area contributed by atoms with Crippen LogP contribution >= 0.6 is 0 Å². The fourth-order valence-electron chi connectivity index (χ4n) is 2.27. The van der Waals surface area contributed by atoms with E-state index in [1.54, 1.807) is 0 Å². The molecule has 1 fully saturated rings. The second-order valence-electron chi connectivity index (χ2n) is 5.37. The molecular weight excluding hydrogens is 242 g/mol. The van der Waals surface area contributed by atoms with Crippen LogP contribution in [0.25, 0.3) is 0 Å². The van der Waals surface area contributed by atoms with Gasteiger partial charge in [0.2, 0.25) is 0 Å². The summed E-state index contributed by atoms with van der Waals surface area (Å²) < 4.78 is 4.74. The molecular formula is C15H21NO3. The summed E-state index contributed by atoms with van der Waals surface area (Å²) in [6, 6.07) is 10.0. The third kappa shape index (κ3) is 4.04. The number of carbonyl (C=O) groups is 1. The Morgan fingerprint density at radius 2 is 2.05 bits per heavy atom. The molecule has 0 radical (unpaired) electrons. The van der Waals surface area contributed by atoms with Crippen molar-refractivity contribution >= 4 is 5.97 Å². The standard InChI is InChI=1S/C15H21NO3/c1-19-14(18)10-16(11-15(12-17)7-8-15)9-13-5-3-2-4-6-13/h2-6,17H,7-12H2,1H3. The summed E-state index contributed by atoms with van der Waals surface area (Å²) >= 11 is 0. The summed E-state index contributed by atoms with van der Waals surface area (Å²) in [5.74, 6) is -0.232. The Morgan fingerprint density at radius 1 is 1.37 bits per heavy atom. The van der Waals surface area contributed by atoms with Crippen molar-refractivity contribution in [2.24, 2.45) is 5.41 Å². The summed E-state index contributed by atoms with van der Waals surface area (Å²) in [5.41, 5.74) is 1.17. The predicted octanol–water partition coefficient (Wildman–Crippen LogP) is 1.43. The van der Waals surface area contributed by atoms with Gasteiger partial charge < -0.3 is 9.84 Å². The molecule has 19 heavy (non-hydrogen) atoms. The molecule has 1 aromatic rings. The van der Waals surface area contributed by atoms with Crippen molar-refractivity contribution in [2.75, 3.05) is 26.8 Å². The first-order valence-electron chi connectivity index (χ1n) is 6.61. The van der Waals surface area contributed by atoms with Crippen LogP contribution in [-0.2, 0) is 16.1 Å². The number of methoxy groups -OCH3 is 1. The fraction of sp³-hybridized carbons (Fsp3) is 0.533. The maximum absolute atomic E-state index is 11.5. The summed E-state index contributed by atoms with van der Waals surface area (Å²) in [6.07, 6.45) is 2.08. The molecule has 4 nitrogen and oxygen atoms in total. The van der Waals surface area contributed by atoms with Gasteiger partial charge in [0.15, 0.2) is 0 Å². The maximum Gasteiger partial charge on any atom is 0.319 e. The number of hydrogen-bond acceptors (Lipinski definition) is 4.